The van der Waals surface area contributed by atoms with E-state index in [1.165, 1.54) is 12.1 Å². The maximum Gasteiger partial charge on any atom is 0.335 e. The van der Waals surface area contributed by atoms with E-state index in [2.05, 4.69) is 0 Å². The second-order valence-electron chi connectivity index (χ2n) is 4.38. The topological polar surface area (TPSA) is 66.5 Å². The van der Waals surface area contributed by atoms with E-state index in [-0.39, 0.29) is 17.1 Å². The third kappa shape index (κ3) is 2.38. The molecule has 5 nitrogen and oxygen atoms in total. The summed E-state index contributed by atoms with van der Waals surface area (Å²) in [6.07, 6.45) is 0.859. The van der Waals surface area contributed by atoms with Gasteiger partial charge in [0.1, 0.15) is 17.4 Å². The predicted octanol–water partition coefficient (Wildman–Crippen LogP) is 2.48. The van der Waals surface area contributed by atoms with E-state index in [0.29, 0.717) is 11.3 Å². The molecule has 1 unspecified atom stereocenters. The van der Waals surface area contributed by atoms with Gasteiger partial charge in [0.25, 0.3) is 0 Å². The lowest BCUT2D eigenvalue weighted by molar-refractivity contribution is -0.134. The van der Waals surface area contributed by atoms with Crippen LogP contribution in [0.1, 0.15) is 19.8 Å². The number of carbonyl (C=O) groups is 3. The summed E-state index contributed by atoms with van der Waals surface area (Å²) in [6, 6.07) is 2.83. The van der Waals surface area contributed by atoms with Gasteiger partial charge in [-0.2, -0.15) is 0 Å². The van der Waals surface area contributed by atoms with Crippen molar-refractivity contribution in [3.05, 3.63) is 29.0 Å². The number of hydrogen-bond donors (Lipinski definition) is 1. The second kappa shape index (κ2) is 5.58. The summed E-state index contributed by atoms with van der Waals surface area (Å²) < 4.78 is 13.8. The van der Waals surface area contributed by atoms with Crippen LogP contribution in [0.25, 0.3) is 0 Å². The molecule has 1 heterocycles. The van der Waals surface area contributed by atoms with Crippen LogP contribution >= 0.6 is 11.6 Å². The molecular weight excluding hydrogens is 287 g/mol. The van der Waals surface area contributed by atoms with Crippen LogP contribution in [0.3, 0.4) is 0 Å². The number of hydrogen-bond acceptors (Lipinski definition) is 3. The quantitative estimate of drug-likeness (QED) is 0.872. The molecule has 1 aromatic rings. The zero-order valence-electron chi connectivity index (χ0n) is 10.7. The monoisotopic (exact) mass is 298 g/mol. The zero-order chi connectivity index (χ0) is 14.9. The van der Waals surface area contributed by atoms with E-state index >= 15 is 0 Å². The van der Waals surface area contributed by atoms with Crippen molar-refractivity contribution in [1.29, 1.82) is 0 Å². The molecule has 0 saturated carbocycles. The smallest absolute Gasteiger partial charge is 0.277 e. The Kier molecular flexibility index (Phi) is 4.04. The first-order valence-electron chi connectivity index (χ1n) is 6.10. The molecule has 1 aliphatic rings. The maximum atomic E-state index is 13.8. The highest BCUT2D eigenvalue weighted by Crippen LogP contribution is 2.32. The predicted molar refractivity (Wildman–Crippen MR) is 70.8 cm³/mol. The largest absolute Gasteiger partial charge is 0.335 e. The normalized spacial score (nSPS) is 19.2. The highest BCUT2D eigenvalue weighted by Gasteiger charge is 2.42. The van der Waals surface area contributed by atoms with E-state index in [9.17, 15) is 18.8 Å². The summed E-state index contributed by atoms with van der Waals surface area (Å²) in [6.45, 7) is 1.80. The first kappa shape index (κ1) is 14.5. The van der Waals surface area contributed by atoms with Crippen molar-refractivity contribution in [2.75, 3.05) is 4.90 Å². The van der Waals surface area contributed by atoms with Gasteiger partial charge < -0.3 is 0 Å². The number of carbonyl (C=O) groups excluding carboxylic acids is 3. The number of barbiturate groups is 1. The fourth-order valence-electron chi connectivity index (χ4n) is 2.07. The summed E-state index contributed by atoms with van der Waals surface area (Å²) in [4.78, 5) is 36.3. The average molecular weight is 299 g/mol. The molecule has 0 radical (unpaired) electrons. The van der Waals surface area contributed by atoms with E-state index < -0.39 is 29.6 Å². The lowest BCUT2D eigenvalue weighted by Gasteiger charge is -2.30. The molecule has 0 aromatic heterocycles. The SMILES string of the molecule is CCCC1C(=O)NC(=O)N(c2c(F)cccc2Cl)C1=O. The third-order valence-electron chi connectivity index (χ3n) is 3.01. The molecule has 106 valence electrons. The molecule has 1 saturated heterocycles. The number of urea groups is 1. The molecule has 2 rings (SSSR count). The van der Waals surface area contributed by atoms with Gasteiger partial charge in [0.05, 0.1) is 5.02 Å². The minimum atomic E-state index is -1.01. The van der Waals surface area contributed by atoms with Crippen molar-refractivity contribution in [2.45, 2.75) is 19.8 Å². The molecule has 7 heteroatoms. The van der Waals surface area contributed by atoms with Gasteiger partial charge >= 0.3 is 6.03 Å². The fraction of sp³-hybridized carbons (Fsp3) is 0.308. The van der Waals surface area contributed by atoms with E-state index in [1.54, 1.807) is 6.92 Å². The Morgan fingerprint density at radius 1 is 1.35 bits per heavy atom. The third-order valence-corrected chi connectivity index (χ3v) is 3.31. The van der Waals surface area contributed by atoms with Crippen LogP contribution in [0.5, 0.6) is 0 Å². The number of halogens is 2. The maximum absolute atomic E-state index is 13.8. The molecule has 4 amide bonds. The van der Waals surface area contributed by atoms with Gasteiger partial charge in [0, 0.05) is 0 Å². The van der Waals surface area contributed by atoms with Crippen LogP contribution < -0.4 is 10.2 Å². The van der Waals surface area contributed by atoms with Crippen molar-refractivity contribution in [1.82, 2.24) is 5.32 Å². The Bertz CT molecular complexity index is 571. The second-order valence-corrected chi connectivity index (χ2v) is 4.79. The van der Waals surface area contributed by atoms with Gasteiger partial charge in [-0.3, -0.25) is 14.9 Å². The molecule has 1 N–H and O–H groups in total. The molecule has 0 spiro atoms. The Morgan fingerprint density at radius 3 is 2.65 bits per heavy atom. The van der Waals surface area contributed by atoms with Crippen LogP contribution in [0.2, 0.25) is 5.02 Å². The lowest BCUT2D eigenvalue weighted by atomic mass is 9.99. The number of nitrogens with one attached hydrogen (secondary N) is 1. The van der Waals surface area contributed by atoms with Crippen LogP contribution in [0.15, 0.2) is 18.2 Å². The number of rotatable bonds is 3. The minimum Gasteiger partial charge on any atom is -0.277 e. The van der Waals surface area contributed by atoms with Crippen LogP contribution in [0.4, 0.5) is 14.9 Å². The van der Waals surface area contributed by atoms with E-state index in [1.807, 2.05) is 5.32 Å². The Morgan fingerprint density at radius 2 is 2.05 bits per heavy atom. The van der Waals surface area contributed by atoms with Crippen LogP contribution in [0, 0.1) is 11.7 Å². The van der Waals surface area contributed by atoms with Crippen molar-refractivity contribution in [3.8, 4) is 0 Å². The minimum absolute atomic E-state index is 0.0712. The number of para-hydroxylation sites is 1. The number of nitrogens with zero attached hydrogens (tertiary/aromatic N) is 1. The van der Waals surface area contributed by atoms with Crippen molar-refractivity contribution in [3.63, 3.8) is 0 Å². The highest BCUT2D eigenvalue weighted by atomic mass is 35.5. The number of benzene rings is 1. The number of imide groups is 2. The summed E-state index contributed by atoms with van der Waals surface area (Å²) in [5.74, 6) is -3.22. The molecule has 0 bridgehead atoms. The van der Waals surface area contributed by atoms with Gasteiger partial charge in [-0.1, -0.05) is 31.0 Å². The van der Waals surface area contributed by atoms with Gasteiger partial charge in [0.2, 0.25) is 11.8 Å². The van der Waals surface area contributed by atoms with Gasteiger partial charge in [0.15, 0.2) is 0 Å². The molecule has 1 aliphatic heterocycles. The van der Waals surface area contributed by atoms with Crippen LogP contribution in [-0.4, -0.2) is 17.8 Å². The van der Waals surface area contributed by atoms with Gasteiger partial charge in [-0.25, -0.2) is 14.1 Å². The number of amides is 4. The summed E-state index contributed by atoms with van der Waals surface area (Å²) in [5.41, 5.74) is -0.328. The Balaban J connectivity index is 2.47. The Hall–Kier alpha value is -1.95. The molecule has 20 heavy (non-hydrogen) atoms. The Labute approximate surface area is 119 Å². The van der Waals surface area contributed by atoms with Gasteiger partial charge in [-0.15, -0.1) is 0 Å². The van der Waals surface area contributed by atoms with Gasteiger partial charge in [-0.05, 0) is 18.6 Å². The van der Waals surface area contributed by atoms with Crippen molar-refractivity contribution < 1.29 is 18.8 Å². The van der Waals surface area contributed by atoms with Crippen molar-refractivity contribution in [2.24, 2.45) is 5.92 Å². The zero-order valence-corrected chi connectivity index (χ0v) is 11.4. The average Bonchev–Trinajstić information content (AvgIpc) is 2.37. The molecule has 1 atom stereocenters. The molecule has 1 fully saturated rings. The molecule has 1 aromatic carbocycles. The molecular formula is C13H12ClFN2O3. The van der Waals surface area contributed by atoms with Crippen LogP contribution in [-0.2, 0) is 9.59 Å². The number of anilines is 1. The first-order valence-corrected chi connectivity index (χ1v) is 6.48. The summed E-state index contributed by atoms with van der Waals surface area (Å²) >= 11 is 5.86. The van der Waals surface area contributed by atoms with Crippen molar-refractivity contribution >= 4 is 35.1 Å². The van der Waals surface area contributed by atoms with E-state index in [4.69, 9.17) is 11.6 Å². The standard InChI is InChI=1S/C13H12ClFN2O3/c1-2-4-7-11(18)16-13(20)17(12(7)19)10-8(14)5-3-6-9(10)15/h3,5-7H,2,4H2,1H3,(H,16,18,20). The lowest BCUT2D eigenvalue weighted by Crippen LogP contribution is -2.58. The van der Waals surface area contributed by atoms with E-state index in [0.717, 1.165) is 6.07 Å². The molecule has 0 aliphatic carbocycles. The first-order chi connectivity index (χ1) is 9.47. The fourth-order valence-corrected chi connectivity index (χ4v) is 2.32. The summed E-state index contributed by atoms with van der Waals surface area (Å²) in [7, 11) is 0. The summed E-state index contributed by atoms with van der Waals surface area (Å²) in [5, 5.41) is 1.98. The highest BCUT2D eigenvalue weighted by molar-refractivity contribution is 6.36.